The summed E-state index contributed by atoms with van der Waals surface area (Å²) in [5.41, 5.74) is 13.4. The molecule has 57 heavy (non-hydrogen) atoms. The van der Waals surface area contributed by atoms with Crippen LogP contribution in [-0.2, 0) is 22.4 Å². The second-order valence-corrected chi connectivity index (χ2v) is 17.8. The van der Waals surface area contributed by atoms with Crippen LogP contribution in [-0.4, -0.2) is 79.0 Å². The summed E-state index contributed by atoms with van der Waals surface area (Å²) in [6.45, 7) is 4.45. The Balaban J connectivity index is 1.08. The van der Waals surface area contributed by atoms with E-state index in [1.165, 1.54) is 22.3 Å². The number of nitrogens with one attached hydrogen (secondary N) is 1. The first-order chi connectivity index (χ1) is 28.1. The van der Waals surface area contributed by atoms with Crippen LogP contribution in [0.5, 0.6) is 0 Å². The molecule has 5 aromatic carbocycles. The van der Waals surface area contributed by atoms with Gasteiger partial charge < -0.3 is 15.1 Å². The third-order valence-corrected chi connectivity index (χ3v) is 14.2. The van der Waals surface area contributed by atoms with Crippen LogP contribution in [0.3, 0.4) is 0 Å². The van der Waals surface area contributed by atoms with E-state index in [-0.39, 0.29) is 11.5 Å². The lowest BCUT2D eigenvalue weighted by Crippen LogP contribution is -2.32. The van der Waals surface area contributed by atoms with Gasteiger partial charge in [-0.2, -0.15) is 28.8 Å². The normalized spacial score (nSPS) is 18.9. The number of nitrogens with zero attached hydrogens (tertiary/aromatic N) is 5. The molecule has 2 amide bonds. The number of benzene rings is 5. The van der Waals surface area contributed by atoms with Gasteiger partial charge in [-0.1, -0.05) is 66.7 Å². The zero-order chi connectivity index (χ0) is 38.2. The third kappa shape index (κ3) is 5.43. The molecule has 10 heteroatoms. The van der Waals surface area contributed by atoms with Crippen molar-refractivity contribution in [3.8, 4) is 6.07 Å². The number of thioether (sulfide) groups is 2. The Labute approximate surface area is 339 Å². The van der Waals surface area contributed by atoms with Crippen LogP contribution < -0.4 is 15.1 Å². The topological polar surface area (TPSA) is 101 Å². The van der Waals surface area contributed by atoms with E-state index >= 15 is 0 Å². The van der Waals surface area contributed by atoms with Crippen molar-refractivity contribution in [3.05, 3.63) is 123 Å². The van der Waals surface area contributed by atoms with Crippen molar-refractivity contribution >= 4 is 96.5 Å². The molecule has 2 fully saturated rings. The van der Waals surface area contributed by atoms with E-state index in [9.17, 15) is 14.9 Å². The van der Waals surface area contributed by atoms with Gasteiger partial charge in [-0.3, -0.25) is 14.6 Å². The van der Waals surface area contributed by atoms with Gasteiger partial charge in [0, 0.05) is 111 Å². The van der Waals surface area contributed by atoms with E-state index in [4.69, 9.17) is 4.99 Å². The second kappa shape index (κ2) is 13.8. The van der Waals surface area contributed by atoms with Crippen LogP contribution >= 0.6 is 23.5 Å². The van der Waals surface area contributed by atoms with Gasteiger partial charge in [-0.05, 0) is 59.2 Å². The zero-order valence-corrected chi connectivity index (χ0v) is 33.0. The van der Waals surface area contributed by atoms with Crippen molar-refractivity contribution in [2.45, 2.75) is 19.3 Å². The van der Waals surface area contributed by atoms with Gasteiger partial charge >= 0.3 is 0 Å². The molecule has 5 aromatic rings. The van der Waals surface area contributed by atoms with E-state index < -0.39 is 5.91 Å². The zero-order valence-electron chi connectivity index (χ0n) is 31.4. The maximum absolute atomic E-state index is 13.9. The lowest BCUT2D eigenvalue weighted by Gasteiger charge is -2.31. The number of nitriles is 1. The SMILES string of the molecule is N#CC1=C2C(=NC1=O)c1cccc3c(N4CCSCC4)cc(Cc4ccc5c(N6CCSCC6)ccc6c5c4C4=C6C(=NCCCc5ccccc5)C(=O)N4)c2c13. The fraction of sp³-hybridized carbons (Fsp3) is 0.255. The van der Waals surface area contributed by atoms with Gasteiger partial charge in [-0.25, -0.2) is 4.99 Å². The molecule has 4 aliphatic heterocycles. The molecule has 11 rings (SSSR count). The highest BCUT2D eigenvalue weighted by Crippen LogP contribution is 2.51. The fourth-order valence-electron chi connectivity index (χ4n) is 9.77. The monoisotopic (exact) mass is 782 g/mol. The minimum absolute atomic E-state index is 0.113. The summed E-state index contributed by atoms with van der Waals surface area (Å²) in [4.78, 5) is 41.5. The summed E-state index contributed by atoms with van der Waals surface area (Å²) in [5, 5.41) is 18.2. The molecule has 0 radical (unpaired) electrons. The molecule has 6 aliphatic rings. The number of aryl methyl sites for hydroxylation is 1. The summed E-state index contributed by atoms with van der Waals surface area (Å²) >= 11 is 3.98. The summed E-state index contributed by atoms with van der Waals surface area (Å²) in [5.74, 6) is 3.69. The molecule has 0 atom stereocenters. The first-order valence-corrected chi connectivity index (χ1v) is 22.2. The molecule has 8 nitrogen and oxygen atoms in total. The van der Waals surface area contributed by atoms with Crippen LogP contribution in [0, 0.1) is 11.3 Å². The van der Waals surface area contributed by atoms with E-state index in [1.54, 1.807) is 0 Å². The molecular formula is C47H38N6O2S2. The highest BCUT2D eigenvalue weighted by molar-refractivity contribution is 7.99. The lowest BCUT2D eigenvalue weighted by atomic mass is 9.88. The lowest BCUT2D eigenvalue weighted by molar-refractivity contribution is -0.114. The van der Waals surface area contributed by atoms with Gasteiger partial charge in [-0.15, -0.1) is 0 Å². The van der Waals surface area contributed by atoms with Gasteiger partial charge in [0.25, 0.3) is 11.8 Å². The quantitative estimate of drug-likeness (QED) is 0.161. The van der Waals surface area contributed by atoms with Crippen LogP contribution in [0.1, 0.15) is 45.4 Å². The number of hydrogen-bond acceptors (Lipinski definition) is 8. The summed E-state index contributed by atoms with van der Waals surface area (Å²) in [6, 6.07) is 30.2. The van der Waals surface area contributed by atoms with Gasteiger partial charge in [0.2, 0.25) is 0 Å². The smallest absolute Gasteiger partial charge is 0.288 e. The maximum atomic E-state index is 13.9. The number of carbonyl (C=O) groups excluding carboxylic acids is 2. The summed E-state index contributed by atoms with van der Waals surface area (Å²) in [6.07, 6.45) is 2.30. The van der Waals surface area contributed by atoms with E-state index in [0.717, 1.165) is 123 Å². The predicted molar refractivity (Wildman–Crippen MR) is 236 cm³/mol. The number of aliphatic imine (C=N–C) groups is 2. The van der Waals surface area contributed by atoms with Gasteiger partial charge in [0.1, 0.15) is 17.4 Å². The Bertz CT molecular complexity index is 2780. The fourth-order valence-corrected chi connectivity index (χ4v) is 11.6. The van der Waals surface area contributed by atoms with Gasteiger partial charge in [0.05, 0.1) is 11.4 Å². The number of rotatable bonds is 8. The minimum Gasteiger partial charge on any atom is -0.369 e. The van der Waals surface area contributed by atoms with Crippen molar-refractivity contribution in [1.29, 1.82) is 5.26 Å². The molecule has 0 saturated carbocycles. The Hall–Kier alpha value is -5.63. The van der Waals surface area contributed by atoms with Crippen molar-refractivity contribution in [2.24, 2.45) is 9.98 Å². The van der Waals surface area contributed by atoms with Crippen LogP contribution in [0.25, 0.3) is 38.4 Å². The molecule has 2 saturated heterocycles. The largest absolute Gasteiger partial charge is 0.369 e. The van der Waals surface area contributed by atoms with E-state index in [0.29, 0.717) is 30.0 Å². The van der Waals surface area contributed by atoms with Crippen molar-refractivity contribution < 1.29 is 9.59 Å². The predicted octanol–water partition coefficient (Wildman–Crippen LogP) is 7.70. The number of allylic oxidation sites excluding steroid dienone is 1. The third-order valence-electron chi connectivity index (χ3n) is 12.3. The average molecular weight is 783 g/mol. The molecule has 0 spiro atoms. The number of carbonyl (C=O) groups is 2. The molecular weight excluding hydrogens is 745 g/mol. The Morgan fingerprint density at radius 2 is 1.49 bits per heavy atom. The first kappa shape index (κ1) is 34.6. The number of hydrogen-bond donors (Lipinski definition) is 1. The van der Waals surface area contributed by atoms with Crippen LogP contribution in [0.15, 0.2) is 94.4 Å². The molecule has 0 unspecified atom stereocenters. The molecule has 2 aliphatic carbocycles. The molecule has 1 N–H and O–H groups in total. The first-order valence-electron chi connectivity index (χ1n) is 19.8. The van der Waals surface area contributed by atoms with E-state index in [1.807, 2.05) is 41.7 Å². The Kier molecular flexibility index (Phi) is 8.37. The standard InChI is InChI=1S/C47H38N6O2S2/c48-26-34-41-37-29(25-36(53-18-22-57-23-19-53)30-9-4-10-33(40(30)37)43(41)50-46(34)54)24-28-11-12-31-35(52-16-20-56-21-17-52)14-13-32-39(31)38(28)44-42(32)45(47(55)51-44)49-15-5-8-27-6-2-1-3-7-27/h1-4,6-7,9-14,25H,5,8,15-24H2,(H,49,51,55). The van der Waals surface area contributed by atoms with E-state index in [2.05, 4.69) is 86.8 Å². The van der Waals surface area contributed by atoms with Crippen molar-refractivity contribution in [2.75, 3.05) is 65.5 Å². The molecule has 280 valence electrons. The second-order valence-electron chi connectivity index (χ2n) is 15.3. The van der Waals surface area contributed by atoms with Crippen molar-refractivity contribution in [1.82, 2.24) is 5.32 Å². The van der Waals surface area contributed by atoms with Crippen LogP contribution in [0.2, 0.25) is 0 Å². The highest BCUT2D eigenvalue weighted by atomic mass is 32.2. The highest BCUT2D eigenvalue weighted by Gasteiger charge is 2.41. The van der Waals surface area contributed by atoms with Crippen molar-refractivity contribution in [3.63, 3.8) is 0 Å². The molecule has 4 heterocycles. The summed E-state index contributed by atoms with van der Waals surface area (Å²) in [7, 11) is 0. The number of amides is 2. The summed E-state index contributed by atoms with van der Waals surface area (Å²) < 4.78 is 0. The maximum Gasteiger partial charge on any atom is 0.288 e. The molecule has 0 aromatic heterocycles. The minimum atomic E-state index is -0.468. The Morgan fingerprint density at radius 3 is 2.26 bits per heavy atom. The number of anilines is 2. The van der Waals surface area contributed by atoms with Crippen LogP contribution in [0.4, 0.5) is 11.4 Å². The Morgan fingerprint density at radius 1 is 0.754 bits per heavy atom. The number of fused-ring (bicyclic) bond motifs is 5. The average Bonchev–Trinajstić information content (AvgIpc) is 3.96. The molecule has 0 bridgehead atoms. The van der Waals surface area contributed by atoms with Gasteiger partial charge in [0.15, 0.2) is 0 Å².